The number of carbonyl (C=O) groups is 1. The van der Waals surface area contributed by atoms with Gasteiger partial charge in [-0.1, -0.05) is 6.42 Å². The van der Waals surface area contributed by atoms with Crippen molar-refractivity contribution in [3.05, 3.63) is 21.4 Å². The molecule has 106 valence electrons. The van der Waals surface area contributed by atoms with Gasteiger partial charge in [-0.05, 0) is 36.6 Å². The van der Waals surface area contributed by atoms with Gasteiger partial charge in [0.1, 0.15) is 0 Å². The zero-order valence-electron chi connectivity index (χ0n) is 11.3. The Hall–Kier alpha value is -0.190. The molecular weight excluding hydrogens is 298 g/mol. The highest BCUT2D eigenvalue weighted by Crippen LogP contribution is 2.32. The fourth-order valence-corrected chi connectivity index (χ4v) is 4.72. The van der Waals surface area contributed by atoms with Gasteiger partial charge in [-0.2, -0.15) is 11.8 Å². The van der Waals surface area contributed by atoms with Crippen LogP contribution < -0.4 is 0 Å². The number of hydrogen-bond acceptors (Lipinski definition) is 3. The van der Waals surface area contributed by atoms with Gasteiger partial charge in [0.05, 0.1) is 4.88 Å². The summed E-state index contributed by atoms with van der Waals surface area (Å²) >= 11 is 9.30. The lowest BCUT2D eigenvalue weighted by Gasteiger charge is -2.15. The van der Waals surface area contributed by atoms with Crippen molar-refractivity contribution in [2.24, 2.45) is 0 Å². The zero-order valence-corrected chi connectivity index (χ0v) is 13.7. The van der Waals surface area contributed by atoms with E-state index >= 15 is 0 Å². The third-order valence-electron chi connectivity index (χ3n) is 3.31. The minimum atomic E-state index is 0.176. The van der Waals surface area contributed by atoms with Crippen LogP contribution in [0.25, 0.3) is 0 Å². The molecule has 2 heterocycles. The maximum Gasteiger partial charge on any atom is 0.263 e. The predicted molar refractivity (Wildman–Crippen MR) is 85.7 cm³/mol. The molecule has 0 saturated heterocycles. The number of amides is 1. The number of hydrogen-bond donors (Lipinski definition) is 0. The lowest BCUT2D eigenvalue weighted by atomic mass is 10.2. The van der Waals surface area contributed by atoms with Crippen LogP contribution in [-0.2, 0) is 12.2 Å². The van der Waals surface area contributed by atoms with Crippen molar-refractivity contribution in [3.8, 4) is 0 Å². The molecule has 0 unspecified atom stereocenters. The lowest BCUT2D eigenvalue weighted by molar-refractivity contribution is 0.0797. The van der Waals surface area contributed by atoms with Gasteiger partial charge < -0.3 is 4.90 Å². The number of rotatable bonds is 6. The Morgan fingerprint density at radius 1 is 1.42 bits per heavy atom. The van der Waals surface area contributed by atoms with Crippen molar-refractivity contribution in [2.45, 2.75) is 31.4 Å². The molecule has 0 N–H and O–H groups in total. The summed E-state index contributed by atoms with van der Waals surface area (Å²) in [5.74, 6) is 3.15. The summed E-state index contributed by atoms with van der Waals surface area (Å²) in [7, 11) is 1.90. The molecule has 19 heavy (non-hydrogen) atoms. The molecule has 2 nitrogen and oxygen atoms in total. The number of nitrogens with zero attached hydrogens (tertiary/aromatic N) is 1. The Morgan fingerprint density at radius 3 is 3.00 bits per heavy atom. The fourth-order valence-electron chi connectivity index (χ4n) is 2.16. The van der Waals surface area contributed by atoms with E-state index in [-0.39, 0.29) is 5.91 Å². The third-order valence-corrected chi connectivity index (χ3v) is 5.81. The molecular formula is C14H20ClNOS2. The van der Waals surface area contributed by atoms with Crippen LogP contribution in [0.2, 0.25) is 0 Å². The van der Waals surface area contributed by atoms with E-state index in [4.69, 9.17) is 11.6 Å². The molecule has 0 fully saturated rings. The summed E-state index contributed by atoms with van der Waals surface area (Å²) in [5.41, 5.74) is 1.38. The molecule has 1 aliphatic rings. The zero-order chi connectivity index (χ0) is 13.7. The Bertz CT molecular complexity index is 410. The molecule has 0 radical (unpaired) electrons. The highest BCUT2D eigenvalue weighted by atomic mass is 35.5. The van der Waals surface area contributed by atoms with Gasteiger partial charge in [0.2, 0.25) is 0 Å². The largest absolute Gasteiger partial charge is 0.341 e. The first-order chi connectivity index (χ1) is 9.22. The molecule has 0 aliphatic carbocycles. The second kappa shape index (κ2) is 7.55. The van der Waals surface area contributed by atoms with E-state index in [0.717, 1.165) is 42.9 Å². The SMILES string of the molecule is CN(CCCCCCl)C(=O)c1cc2c(s1)CCSC2. The van der Waals surface area contributed by atoms with Gasteiger partial charge in [0.25, 0.3) is 5.91 Å². The van der Waals surface area contributed by atoms with E-state index < -0.39 is 0 Å². The van der Waals surface area contributed by atoms with Crippen LogP contribution in [0.4, 0.5) is 0 Å². The Morgan fingerprint density at radius 2 is 2.26 bits per heavy atom. The van der Waals surface area contributed by atoms with Crippen LogP contribution in [0.15, 0.2) is 6.07 Å². The molecule has 1 aromatic rings. The van der Waals surface area contributed by atoms with Crippen LogP contribution >= 0.6 is 34.7 Å². The molecule has 5 heteroatoms. The summed E-state index contributed by atoms with van der Waals surface area (Å²) in [4.78, 5) is 16.5. The van der Waals surface area contributed by atoms with Gasteiger partial charge in [-0.3, -0.25) is 4.79 Å². The van der Waals surface area contributed by atoms with Crippen LogP contribution in [0.3, 0.4) is 0 Å². The molecule has 0 aromatic carbocycles. The molecule has 0 saturated carbocycles. The maximum atomic E-state index is 12.3. The highest BCUT2D eigenvalue weighted by molar-refractivity contribution is 7.98. The average Bonchev–Trinajstić information content (AvgIpc) is 2.86. The van der Waals surface area contributed by atoms with Crippen LogP contribution in [0.1, 0.15) is 39.4 Å². The minimum absolute atomic E-state index is 0.176. The van der Waals surface area contributed by atoms with Gasteiger partial charge in [0.15, 0.2) is 0 Å². The number of thiophene rings is 1. The van der Waals surface area contributed by atoms with E-state index in [1.165, 1.54) is 16.2 Å². The topological polar surface area (TPSA) is 20.3 Å². The number of aryl methyl sites for hydroxylation is 1. The summed E-state index contributed by atoms with van der Waals surface area (Å²) < 4.78 is 0. The molecule has 1 aliphatic heterocycles. The number of alkyl halides is 1. The van der Waals surface area contributed by atoms with Gasteiger partial charge >= 0.3 is 0 Å². The van der Waals surface area contributed by atoms with E-state index in [1.807, 2.05) is 23.7 Å². The minimum Gasteiger partial charge on any atom is -0.341 e. The molecule has 2 rings (SSSR count). The van der Waals surface area contributed by atoms with Crippen LogP contribution in [0, 0.1) is 0 Å². The van der Waals surface area contributed by atoms with Gasteiger partial charge in [0, 0.05) is 30.1 Å². The maximum absolute atomic E-state index is 12.3. The Kier molecular flexibility index (Phi) is 6.05. The summed E-state index contributed by atoms with van der Waals surface area (Å²) in [6.07, 6.45) is 4.29. The summed E-state index contributed by atoms with van der Waals surface area (Å²) in [5, 5.41) is 0. The third kappa shape index (κ3) is 4.14. The van der Waals surface area contributed by atoms with E-state index in [1.54, 1.807) is 11.3 Å². The number of carbonyl (C=O) groups excluding carboxylic acids is 1. The van der Waals surface area contributed by atoms with Crippen LogP contribution in [-0.4, -0.2) is 36.0 Å². The number of unbranched alkanes of at least 4 members (excludes halogenated alkanes) is 2. The first kappa shape index (κ1) is 15.2. The van der Waals surface area contributed by atoms with Gasteiger partial charge in [-0.25, -0.2) is 0 Å². The monoisotopic (exact) mass is 317 g/mol. The average molecular weight is 318 g/mol. The summed E-state index contributed by atoms with van der Waals surface area (Å²) in [6.45, 7) is 0.826. The van der Waals surface area contributed by atoms with Crippen molar-refractivity contribution in [1.29, 1.82) is 0 Å². The summed E-state index contributed by atoms with van der Waals surface area (Å²) in [6, 6.07) is 2.10. The Balaban J connectivity index is 1.89. The molecule has 1 aromatic heterocycles. The number of halogens is 1. The standard InChI is InChI=1S/C14H20ClNOS2/c1-16(7-4-2-3-6-15)14(17)13-9-11-10-18-8-5-12(11)19-13/h9H,2-8,10H2,1H3. The fraction of sp³-hybridized carbons (Fsp3) is 0.643. The van der Waals surface area contributed by atoms with E-state index in [0.29, 0.717) is 5.88 Å². The van der Waals surface area contributed by atoms with E-state index in [9.17, 15) is 4.79 Å². The second-order valence-electron chi connectivity index (χ2n) is 4.84. The van der Waals surface area contributed by atoms with Crippen LogP contribution in [0.5, 0.6) is 0 Å². The van der Waals surface area contributed by atoms with E-state index in [2.05, 4.69) is 6.07 Å². The van der Waals surface area contributed by atoms with Crippen molar-refractivity contribution in [1.82, 2.24) is 4.90 Å². The molecule has 0 atom stereocenters. The van der Waals surface area contributed by atoms with Crippen molar-refractivity contribution < 1.29 is 4.79 Å². The predicted octanol–water partition coefficient (Wildman–Crippen LogP) is 4.02. The smallest absolute Gasteiger partial charge is 0.263 e. The van der Waals surface area contributed by atoms with Crippen molar-refractivity contribution in [3.63, 3.8) is 0 Å². The first-order valence-electron chi connectivity index (χ1n) is 6.73. The second-order valence-corrected chi connectivity index (χ2v) is 7.46. The quantitative estimate of drug-likeness (QED) is 0.583. The molecule has 1 amide bonds. The van der Waals surface area contributed by atoms with Gasteiger partial charge in [-0.15, -0.1) is 22.9 Å². The number of thioether (sulfide) groups is 1. The Labute approximate surface area is 128 Å². The normalized spacial score (nSPS) is 14.2. The first-order valence-corrected chi connectivity index (χ1v) is 9.23. The molecule has 0 spiro atoms. The van der Waals surface area contributed by atoms with Crippen molar-refractivity contribution >= 4 is 40.6 Å². The van der Waals surface area contributed by atoms with Crippen molar-refractivity contribution in [2.75, 3.05) is 25.2 Å². The lowest BCUT2D eigenvalue weighted by Crippen LogP contribution is -2.27. The highest BCUT2D eigenvalue weighted by Gasteiger charge is 2.19. The number of fused-ring (bicyclic) bond motifs is 1. The molecule has 0 bridgehead atoms.